The third-order valence-corrected chi connectivity index (χ3v) is 2.38. The van der Waals surface area contributed by atoms with Crippen LogP contribution in [0.2, 0.25) is 0 Å². The van der Waals surface area contributed by atoms with Gasteiger partial charge in [-0.15, -0.1) is 12.3 Å². The summed E-state index contributed by atoms with van der Waals surface area (Å²) in [7, 11) is 0. The lowest BCUT2D eigenvalue weighted by atomic mass is 10.2. The van der Waals surface area contributed by atoms with Gasteiger partial charge in [-0.25, -0.2) is 4.98 Å². The Morgan fingerprint density at radius 3 is 3.00 bits per heavy atom. The van der Waals surface area contributed by atoms with E-state index in [2.05, 4.69) is 20.8 Å². The largest absolute Gasteiger partial charge is 0.334 e. The van der Waals surface area contributed by atoms with Gasteiger partial charge < -0.3 is 9.88 Å². The minimum absolute atomic E-state index is 0.891. The molecule has 0 aromatic carbocycles. The highest BCUT2D eigenvalue weighted by Gasteiger charge is 1.95. The van der Waals surface area contributed by atoms with E-state index in [9.17, 15) is 0 Å². The summed E-state index contributed by atoms with van der Waals surface area (Å²) in [4.78, 5) is 4.17. The number of unbranched alkanes of at least 4 members (excludes halogenated alkanes) is 2. The second kappa shape index (κ2) is 7.08. The van der Waals surface area contributed by atoms with E-state index in [1.807, 2.05) is 19.3 Å². The minimum atomic E-state index is 0.891. The molecule has 82 valence electrons. The summed E-state index contributed by atoms with van der Waals surface area (Å²) in [6.07, 6.45) is 12.2. The third-order valence-electron chi connectivity index (χ3n) is 2.38. The topological polar surface area (TPSA) is 29.9 Å². The monoisotopic (exact) mass is 205 g/mol. The van der Waals surface area contributed by atoms with Crippen LogP contribution in [0.25, 0.3) is 0 Å². The fourth-order valence-electron chi connectivity index (χ4n) is 1.44. The summed E-state index contributed by atoms with van der Waals surface area (Å²) in [6.45, 7) is 5.05. The van der Waals surface area contributed by atoms with Gasteiger partial charge in [0.15, 0.2) is 0 Å². The summed E-state index contributed by atoms with van der Waals surface area (Å²) in [6, 6.07) is 0. The molecule has 0 unspecified atom stereocenters. The van der Waals surface area contributed by atoms with E-state index in [0.717, 1.165) is 44.7 Å². The number of nitrogens with one attached hydrogen (secondary N) is 1. The van der Waals surface area contributed by atoms with E-state index in [4.69, 9.17) is 6.42 Å². The zero-order chi connectivity index (χ0) is 10.9. The fourth-order valence-corrected chi connectivity index (χ4v) is 1.44. The van der Waals surface area contributed by atoms with Crippen LogP contribution in [-0.4, -0.2) is 22.6 Å². The van der Waals surface area contributed by atoms with Crippen molar-refractivity contribution < 1.29 is 0 Å². The van der Waals surface area contributed by atoms with Crippen molar-refractivity contribution >= 4 is 0 Å². The van der Waals surface area contributed by atoms with Crippen molar-refractivity contribution in [3.05, 3.63) is 18.2 Å². The molecule has 0 saturated carbocycles. The molecule has 0 aliphatic rings. The second-order valence-corrected chi connectivity index (χ2v) is 3.58. The molecule has 0 spiro atoms. The molecule has 15 heavy (non-hydrogen) atoms. The van der Waals surface area contributed by atoms with Crippen LogP contribution in [0, 0.1) is 19.3 Å². The van der Waals surface area contributed by atoms with Crippen molar-refractivity contribution in [2.24, 2.45) is 0 Å². The van der Waals surface area contributed by atoms with Gasteiger partial charge in [0.05, 0.1) is 0 Å². The first-order chi connectivity index (χ1) is 7.34. The Morgan fingerprint density at radius 2 is 2.33 bits per heavy atom. The van der Waals surface area contributed by atoms with Gasteiger partial charge in [0, 0.05) is 31.9 Å². The van der Waals surface area contributed by atoms with Crippen molar-refractivity contribution in [2.45, 2.75) is 32.7 Å². The number of terminal acetylenes is 1. The molecular formula is C12H19N3. The molecule has 0 amide bonds. The van der Waals surface area contributed by atoms with Gasteiger partial charge in [0.2, 0.25) is 0 Å². The second-order valence-electron chi connectivity index (χ2n) is 3.58. The molecule has 0 aliphatic heterocycles. The summed E-state index contributed by atoms with van der Waals surface area (Å²) in [5.41, 5.74) is 0. The van der Waals surface area contributed by atoms with Gasteiger partial charge in [0.25, 0.3) is 0 Å². The van der Waals surface area contributed by atoms with Crippen LogP contribution < -0.4 is 5.32 Å². The SMILES string of the molecule is C#CCCCCNCCn1ccnc1C. The lowest BCUT2D eigenvalue weighted by molar-refractivity contribution is 0.568. The van der Waals surface area contributed by atoms with Crippen LogP contribution in [0.1, 0.15) is 25.1 Å². The van der Waals surface area contributed by atoms with Crippen molar-refractivity contribution in [2.75, 3.05) is 13.1 Å². The van der Waals surface area contributed by atoms with E-state index in [-0.39, 0.29) is 0 Å². The Kier molecular flexibility index (Phi) is 5.57. The molecular weight excluding hydrogens is 186 g/mol. The summed E-state index contributed by atoms with van der Waals surface area (Å²) in [5.74, 6) is 3.72. The van der Waals surface area contributed by atoms with E-state index in [0.29, 0.717) is 0 Å². The molecule has 1 aromatic rings. The Morgan fingerprint density at radius 1 is 1.47 bits per heavy atom. The lowest BCUT2D eigenvalue weighted by Gasteiger charge is -2.06. The van der Waals surface area contributed by atoms with Gasteiger partial charge >= 0.3 is 0 Å². The predicted octanol–water partition coefficient (Wildman–Crippen LogP) is 1.58. The Bertz CT molecular complexity index is 309. The molecule has 3 nitrogen and oxygen atoms in total. The van der Waals surface area contributed by atoms with E-state index < -0.39 is 0 Å². The summed E-state index contributed by atoms with van der Waals surface area (Å²) in [5, 5.41) is 3.39. The number of hydrogen-bond donors (Lipinski definition) is 1. The Balaban J connectivity index is 1.98. The summed E-state index contributed by atoms with van der Waals surface area (Å²) < 4.78 is 2.15. The van der Waals surface area contributed by atoms with E-state index >= 15 is 0 Å². The molecule has 0 bridgehead atoms. The molecule has 0 aliphatic carbocycles. The number of nitrogens with zero attached hydrogens (tertiary/aromatic N) is 2. The zero-order valence-electron chi connectivity index (χ0n) is 9.37. The van der Waals surface area contributed by atoms with Gasteiger partial charge in [0.1, 0.15) is 5.82 Å². The average Bonchev–Trinajstić information content (AvgIpc) is 2.63. The number of aromatic nitrogens is 2. The molecule has 3 heteroatoms. The highest BCUT2D eigenvalue weighted by atomic mass is 15.1. The van der Waals surface area contributed by atoms with Gasteiger partial charge in [-0.2, -0.15) is 0 Å². The molecule has 0 fully saturated rings. The molecule has 1 rings (SSSR count). The summed E-state index contributed by atoms with van der Waals surface area (Å²) >= 11 is 0. The quantitative estimate of drug-likeness (QED) is 0.541. The normalized spacial score (nSPS) is 10.1. The highest BCUT2D eigenvalue weighted by molar-refractivity contribution is 4.88. The molecule has 1 N–H and O–H groups in total. The predicted molar refractivity (Wildman–Crippen MR) is 62.5 cm³/mol. The average molecular weight is 205 g/mol. The number of imidazole rings is 1. The molecule has 0 saturated heterocycles. The van der Waals surface area contributed by atoms with Crippen molar-refractivity contribution in [3.8, 4) is 12.3 Å². The highest BCUT2D eigenvalue weighted by Crippen LogP contribution is 1.94. The number of aryl methyl sites for hydroxylation is 1. The zero-order valence-corrected chi connectivity index (χ0v) is 9.37. The van der Waals surface area contributed by atoms with Gasteiger partial charge in [-0.3, -0.25) is 0 Å². The van der Waals surface area contributed by atoms with Crippen LogP contribution >= 0.6 is 0 Å². The Labute approximate surface area is 91.9 Å². The van der Waals surface area contributed by atoms with Crippen LogP contribution in [0.4, 0.5) is 0 Å². The van der Waals surface area contributed by atoms with Crippen molar-refractivity contribution in [1.82, 2.24) is 14.9 Å². The lowest BCUT2D eigenvalue weighted by Crippen LogP contribution is -2.21. The van der Waals surface area contributed by atoms with Gasteiger partial charge in [-0.05, 0) is 26.3 Å². The number of hydrogen-bond acceptors (Lipinski definition) is 2. The molecule has 1 heterocycles. The molecule has 1 aromatic heterocycles. The van der Waals surface area contributed by atoms with E-state index in [1.165, 1.54) is 0 Å². The first kappa shape index (κ1) is 11.8. The maximum absolute atomic E-state index is 5.17. The van der Waals surface area contributed by atoms with Gasteiger partial charge in [-0.1, -0.05) is 0 Å². The smallest absolute Gasteiger partial charge is 0.105 e. The minimum Gasteiger partial charge on any atom is -0.334 e. The maximum Gasteiger partial charge on any atom is 0.105 e. The van der Waals surface area contributed by atoms with Crippen molar-refractivity contribution in [3.63, 3.8) is 0 Å². The van der Waals surface area contributed by atoms with Crippen LogP contribution in [0.15, 0.2) is 12.4 Å². The van der Waals surface area contributed by atoms with Crippen LogP contribution in [0.3, 0.4) is 0 Å². The van der Waals surface area contributed by atoms with Crippen molar-refractivity contribution in [1.29, 1.82) is 0 Å². The third kappa shape index (κ3) is 4.66. The van der Waals surface area contributed by atoms with E-state index in [1.54, 1.807) is 0 Å². The fraction of sp³-hybridized carbons (Fsp3) is 0.583. The standard InChI is InChI=1S/C12H19N3/c1-3-4-5-6-7-13-8-10-15-11-9-14-12(15)2/h1,9,11,13H,4-8,10H2,2H3. The molecule has 0 radical (unpaired) electrons. The maximum atomic E-state index is 5.17. The molecule has 0 atom stereocenters. The first-order valence-corrected chi connectivity index (χ1v) is 5.46. The Hall–Kier alpha value is -1.27. The number of rotatable bonds is 7. The van der Waals surface area contributed by atoms with Crippen LogP contribution in [0.5, 0.6) is 0 Å². The first-order valence-electron chi connectivity index (χ1n) is 5.46. The van der Waals surface area contributed by atoms with Crippen LogP contribution in [-0.2, 0) is 6.54 Å².